The van der Waals surface area contributed by atoms with Gasteiger partial charge in [-0.05, 0) is 32.3 Å². The van der Waals surface area contributed by atoms with E-state index in [-0.39, 0.29) is 24.4 Å². The molecule has 5 nitrogen and oxygen atoms in total. The number of nitrogens with two attached hydrogens (primary N) is 1. The molecule has 1 aromatic rings. The van der Waals surface area contributed by atoms with Gasteiger partial charge in [0.25, 0.3) is 0 Å². The van der Waals surface area contributed by atoms with Crippen LogP contribution in [0, 0.1) is 0 Å². The highest BCUT2D eigenvalue weighted by molar-refractivity contribution is 7.98. The largest absolute Gasteiger partial charge is 0.372 e. The Hall–Kier alpha value is -0.340. The zero-order chi connectivity index (χ0) is 15.8. The maximum Gasteiger partial charge on any atom is 0.239 e. The maximum atomic E-state index is 12.1. The molecule has 1 rings (SSSR count). The minimum absolute atomic E-state index is 0. The number of nitrogens with zero attached hydrogens (tertiary/aromatic N) is 2. The van der Waals surface area contributed by atoms with Gasteiger partial charge >= 0.3 is 0 Å². The summed E-state index contributed by atoms with van der Waals surface area (Å²) in [7, 11) is 1.77. The minimum Gasteiger partial charge on any atom is -0.372 e. The normalized spacial score (nSPS) is 13.3. The number of thiazole rings is 1. The zero-order valence-electron chi connectivity index (χ0n) is 13.6. The van der Waals surface area contributed by atoms with Gasteiger partial charge in [0.2, 0.25) is 5.91 Å². The summed E-state index contributed by atoms with van der Waals surface area (Å²) in [4.78, 5) is 18.3. The third-order valence-electron chi connectivity index (χ3n) is 3.06. The predicted molar refractivity (Wildman–Crippen MR) is 96.9 cm³/mol. The first kappa shape index (κ1) is 21.7. The second-order valence-electron chi connectivity index (χ2n) is 4.86. The molecule has 1 unspecified atom stereocenters. The number of hydrogen-bond acceptors (Lipinski definition) is 6. The Balaban J connectivity index is 0.00000441. The number of carbonyl (C=O) groups is 1. The van der Waals surface area contributed by atoms with Crippen molar-refractivity contribution in [2.75, 3.05) is 25.7 Å². The summed E-state index contributed by atoms with van der Waals surface area (Å²) >= 11 is 3.26. The van der Waals surface area contributed by atoms with Crippen molar-refractivity contribution in [1.82, 2.24) is 9.88 Å². The summed E-state index contributed by atoms with van der Waals surface area (Å²) in [6, 6.07) is -0.428. The molecule has 0 aliphatic heterocycles. The van der Waals surface area contributed by atoms with Crippen molar-refractivity contribution in [3.63, 3.8) is 0 Å². The van der Waals surface area contributed by atoms with Crippen molar-refractivity contribution in [3.8, 4) is 0 Å². The Bertz CT molecular complexity index is 445. The molecule has 8 heteroatoms. The van der Waals surface area contributed by atoms with Crippen LogP contribution >= 0.6 is 35.5 Å². The van der Waals surface area contributed by atoms with Crippen molar-refractivity contribution < 1.29 is 9.53 Å². The summed E-state index contributed by atoms with van der Waals surface area (Å²) in [5, 5.41) is 2.92. The highest BCUT2D eigenvalue weighted by atomic mass is 35.5. The highest BCUT2D eigenvalue weighted by Gasteiger charge is 2.19. The number of ether oxygens (including phenoxy) is 1. The summed E-state index contributed by atoms with van der Waals surface area (Å²) in [5.41, 5.74) is 6.79. The monoisotopic (exact) mass is 367 g/mol. The Labute approximate surface area is 147 Å². The first-order chi connectivity index (χ1) is 9.99. The van der Waals surface area contributed by atoms with Gasteiger partial charge in [-0.25, -0.2) is 4.98 Å². The highest BCUT2D eigenvalue weighted by Crippen LogP contribution is 2.21. The Morgan fingerprint density at radius 3 is 2.86 bits per heavy atom. The summed E-state index contributed by atoms with van der Waals surface area (Å²) in [5.74, 6) is 0.865. The molecule has 0 spiro atoms. The molecular formula is C14H26ClN3O2S2. The smallest absolute Gasteiger partial charge is 0.239 e. The lowest BCUT2D eigenvalue weighted by Crippen LogP contribution is -2.41. The van der Waals surface area contributed by atoms with E-state index in [1.165, 1.54) is 0 Å². The lowest BCUT2D eigenvalue weighted by atomic mass is 10.2. The first-order valence-corrected chi connectivity index (χ1v) is 9.32. The van der Waals surface area contributed by atoms with Crippen LogP contribution in [0.15, 0.2) is 5.38 Å². The van der Waals surface area contributed by atoms with E-state index < -0.39 is 6.04 Å². The number of thioether (sulfide) groups is 1. The van der Waals surface area contributed by atoms with E-state index in [0.717, 1.165) is 16.5 Å². The average Bonchev–Trinajstić information content (AvgIpc) is 2.92. The summed E-state index contributed by atoms with van der Waals surface area (Å²) in [6.45, 7) is 5.10. The van der Waals surface area contributed by atoms with Crippen LogP contribution in [0.5, 0.6) is 0 Å². The van der Waals surface area contributed by atoms with E-state index in [4.69, 9.17) is 10.5 Å². The molecule has 2 N–H and O–H groups in total. The first-order valence-electron chi connectivity index (χ1n) is 7.05. The molecule has 1 heterocycles. The molecule has 0 saturated carbocycles. The Morgan fingerprint density at radius 1 is 1.59 bits per heavy atom. The van der Waals surface area contributed by atoms with Crippen LogP contribution in [0.1, 0.15) is 37.1 Å². The van der Waals surface area contributed by atoms with E-state index in [1.807, 2.05) is 25.5 Å². The Kier molecular flexibility index (Phi) is 11.1. The van der Waals surface area contributed by atoms with Gasteiger partial charge < -0.3 is 15.4 Å². The third kappa shape index (κ3) is 6.83. The van der Waals surface area contributed by atoms with Crippen LogP contribution in [0.2, 0.25) is 0 Å². The quantitative estimate of drug-likeness (QED) is 0.726. The minimum atomic E-state index is -0.428. The third-order valence-corrected chi connectivity index (χ3v) is 4.76. The molecule has 1 aromatic heterocycles. The van der Waals surface area contributed by atoms with Gasteiger partial charge in [-0.2, -0.15) is 11.8 Å². The van der Waals surface area contributed by atoms with Crippen LogP contribution in [-0.2, 0) is 16.1 Å². The number of likely N-dealkylation sites (N-methyl/N-ethyl adjacent to an activating group) is 1. The van der Waals surface area contributed by atoms with Crippen molar-refractivity contribution in [2.24, 2.45) is 5.73 Å². The van der Waals surface area contributed by atoms with Crippen LogP contribution < -0.4 is 5.73 Å². The topological polar surface area (TPSA) is 68.5 Å². The van der Waals surface area contributed by atoms with Crippen molar-refractivity contribution in [3.05, 3.63) is 16.1 Å². The molecule has 0 bridgehead atoms. The van der Waals surface area contributed by atoms with Gasteiger partial charge in [-0.3, -0.25) is 4.79 Å². The van der Waals surface area contributed by atoms with Gasteiger partial charge in [-0.1, -0.05) is 0 Å². The van der Waals surface area contributed by atoms with E-state index in [9.17, 15) is 4.79 Å². The van der Waals surface area contributed by atoms with E-state index in [2.05, 4.69) is 4.98 Å². The number of hydrogen-bond donors (Lipinski definition) is 1. The number of halogens is 1. The predicted octanol–water partition coefficient (Wildman–Crippen LogP) is 2.70. The van der Waals surface area contributed by atoms with Gasteiger partial charge in [0.15, 0.2) is 0 Å². The van der Waals surface area contributed by atoms with E-state index in [0.29, 0.717) is 19.6 Å². The van der Waals surface area contributed by atoms with Crippen LogP contribution in [0.4, 0.5) is 0 Å². The number of rotatable bonds is 9. The standard InChI is InChI=1S/C14H25N3O2S2.ClH/c1-5-19-10(2)13-16-11(9-21-13)8-17(3)14(18)12(15)6-7-20-4;/h9-10,12H,5-8,15H2,1-4H3;1H/t10?,12-;/m0./s1. The second kappa shape index (κ2) is 11.2. The zero-order valence-corrected chi connectivity index (χ0v) is 16.0. The molecule has 0 fully saturated rings. The fourth-order valence-electron chi connectivity index (χ4n) is 1.88. The van der Waals surface area contributed by atoms with Gasteiger partial charge in [0, 0.05) is 19.0 Å². The number of aromatic nitrogens is 1. The SMILES string of the molecule is CCOC(C)c1nc(CN(C)C(=O)[C@@H](N)CCSC)cs1.Cl. The summed E-state index contributed by atoms with van der Waals surface area (Å²) in [6.07, 6.45) is 2.71. The molecule has 0 aliphatic carbocycles. The van der Waals surface area contributed by atoms with Crippen molar-refractivity contribution in [2.45, 2.75) is 39.0 Å². The lowest BCUT2D eigenvalue weighted by molar-refractivity contribution is -0.131. The van der Waals surface area contributed by atoms with Gasteiger partial charge in [-0.15, -0.1) is 23.7 Å². The fraction of sp³-hybridized carbons (Fsp3) is 0.714. The fourth-order valence-corrected chi connectivity index (χ4v) is 3.18. The summed E-state index contributed by atoms with van der Waals surface area (Å²) < 4.78 is 5.52. The molecule has 2 atom stereocenters. The number of amides is 1. The average molecular weight is 368 g/mol. The van der Waals surface area contributed by atoms with Crippen molar-refractivity contribution in [1.29, 1.82) is 0 Å². The molecule has 22 heavy (non-hydrogen) atoms. The molecule has 128 valence electrons. The van der Waals surface area contributed by atoms with E-state index in [1.54, 1.807) is 35.0 Å². The van der Waals surface area contributed by atoms with E-state index >= 15 is 0 Å². The number of carbonyl (C=O) groups excluding carboxylic acids is 1. The molecular weight excluding hydrogens is 342 g/mol. The molecule has 0 saturated heterocycles. The van der Waals surface area contributed by atoms with Gasteiger partial charge in [0.05, 0.1) is 18.3 Å². The van der Waals surface area contributed by atoms with Gasteiger partial charge in [0.1, 0.15) is 11.1 Å². The van der Waals surface area contributed by atoms with Crippen LogP contribution in [-0.4, -0.2) is 47.5 Å². The second-order valence-corrected chi connectivity index (χ2v) is 6.73. The van der Waals surface area contributed by atoms with Crippen LogP contribution in [0.25, 0.3) is 0 Å². The van der Waals surface area contributed by atoms with Crippen LogP contribution in [0.3, 0.4) is 0 Å². The van der Waals surface area contributed by atoms with Crippen molar-refractivity contribution >= 4 is 41.4 Å². The molecule has 0 aromatic carbocycles. The lowest BCUT2D eigenvalue weighted by Gasteiger charge is -2.20. The molecule has 0 aliphatic rings. The maximum absolute atomic E-state index is 12.1. The molecule has 1 amide bonds. The Morgan fingerprint density at radius 2 is 2.27 bits per heavy atom. The molecule has 0 radical (unpaired) electrons.